The van der Waals surface area contributed by atoms with Crippen molar-refractivity contribution in [1.29, 1.82) is 0 Å². The monoisotopic (exact) mass is 1300 g/mol. The minimum absolute atomic E-state index is 0.0140. The average Bonchev–Trinajstić information content (AvgIpc) is 0.821. The van der Waals surface area contributed by atoms with Crippen LogP contribution >= 0.6 is 0 Å². The normalized spacial score (nSPS) is 27.2. The number of carbonyl (C=O) groups is 11. The van der Waals surface area contributed by atoms with Gasteiger partial charge in [-0.25, -0.2) is 0 Å². The zero-order valence-electron chi connectivity index (χ0n) is 61.5. The molecule has 528 valence electrons. The first kappa shape index (κ1) is 84.4. The van der Waals surface area contributed by atoms with Crippen LogP contribution in [0.4, 0.5) is 0 Å². The van der Waals surface area contributed by atoms with Gasteiger partial charge in [0, 0.05) is 99.4 Å². The lowest BCUT2D eigenvalue weighted by atomic mass is 9.83. The van der Waals surface area contributed by atoms with Gasteiger partial charge in [0.25, 0.3) is 0 Å². The third-order valence-electron chi connectivity index (χ3n) is 18.6. The molecule has 0 radical (unpaired) electrons. The number of Topliss-reactive ketones (excluding diaryl/α,β-unsaturated/α-hetero) is 3. The highest BCUT2D eigenvalue weighted by molar-refractivity contribution is 6.00. The number of hydrogen-bond acceptors (Lipinski definition) is 14. The van der Waals surface area contributed by atoms with Gasteiger partial charge in [-0.15, -0.1) is 0 Å². The number of nitrogens with one attached hydrogen (secondary N) is 1. The van der Waals surface area contributed by atoms with Crippen molar-refractivity contribution in [2.24, 2.45) is 59.2 Å². The number of aliphatic hydroxyl groups excluding tert-OH is 1. The van der Waals surface area contributed by atoms with Crippen molar-refractivity contribution in [2.45, 2.75) is 229 Å². The Kier molecular flexibility index (Phi) is 36.1. The fourth-order valence-corrected chi connectivity index (χ4v) is 12.8. The Bertz CT molecular complexity index is 2480. The first-order chi connectivity index (χ1) is 42.6. The Morgan fingerprint density at radius 1 is 0.533 bits per heavy atom. The molecule has 0 aromatic carbocycles. The quantitative estimate of drug-likeness (QED) is 0.124. The number of amides is 8. The van der Waals surface area contributed by atoms with Gasteiger partial charge in [-0.2, -0.15) is 0 Å². The molecule has 92 heavy (non-hydrogen) atoms. The summed E-state index contributed by atoms with van der Waals surface area (Å²) in [7, 11) is 15.5. The number of ether oxygens (including phenoxy) is 1. The zero-order chi connectivity index (χ0) is 71.3. The van der Waals surface area contributed by atoms with Crippen molar-refractivity contribution < 1.29 is 62.6 Å². The molecule has 0 saturated carbocycles. The summed E-state index contributed by atoms with van der Waals surface area (Å²) >= 11 is 0. The predicted molar refractivity (Wildman–Crippen MR) is 360 cm³/mol. The summed E-state index contributed by atoms with van der Waals surface area (Å²) in [5, 5.41) is 15.1. The first-order valence-corrected chi connectivity index (χ1v) is 33.8. The molecule has 0 bridgehead atoms. The molecule has 22 heteroatoms. The van der Waals surface area contributed by atoms with E-state index in [0.717, 1.165) is 4.90 Å². The van der Waals surface area contributed by atoms with Crippen LogP contribution in [0.2, 0.25) is 0 Å². The van der Waals surface area contributed by atoms with Crippen molar-refractivity contribution in [1.82, 2.24) is 44.5 Å². The third-order valence-corrected chi connectivity index (χ3v) is 18.6. The second kappa shape index (κ2) is 39.3. The maximum atomic E-state index is 15.3. The lowest BCUT2D eigenvalue weighted by Gasteiger charge is -2.41. The molecule has 0 unspecified atom stereocenters. The topological polar surface area (TPSA) is 255 Å². The Morgan fingerprint density at radius 3 is 1.45 bits per heavy atom. The van der Waals surface area contributed by atoms with Crippen LogP contribution in [0.15, 0.2) is 12.2 Å². The molecule has 1 fully saturated rings. The molecule has 0 spiro atoms. The van der Waals surface area contributed by atoms with Crippen molar-refractivity contribution >= 4 is 64.6 Å². The summed E-state index contributed by atoms with van der Waals surface area (Å²) in [5.41, 5.74) is 0. The number of carbonyl (C=O) groups excluding carboxylic acids is 11. The molecule has 1 aliphatic rings. The van der Waals surface area contributed by atoms with E-state index in [1.807, 2.05) is 73.5 Å². The van der Waals surface area contributed by atoms with Gasteiger partial charge >= 0.3 is 0 Å². The summed E-state index contributed by atoms with van der Waals surface area (Å²) in [4.78, 5) is 176. The molecule has 0 aromatic heterocycles. The summed E-state index contributed by atoms with van der Waals surface area (Å²) in [6, 6.07) is -9.75. The lowest BCUT2D eigenvalue weighted by molar-refractivity contribution is -0.157. The fourth-order valence-electron chi connectivity index (χ4n) is 12.8. The van der Waals surface area contributed by atoms with Crippen LogP contribution in [-0.4, -0.2) is 247 Å². The lowest BCUT2D eigenvalue weighted by Crippen LogP contribution is -2.64. The SMILES string of the molecule is C/C=C/C[C@@H](C)[C@@H](O)[C@H]1C(=O)N[C@@H](CC)C(=O)N(C)[C@H](CCCN(C)C)C(=O)N(C)[C@@H]([C@H](C)COC)C(=O)C[C@@H](C(C)C)C(=O)N(C)[C@@H](CC(C)C)C(=O)C[C@@H](C)C(=O)C[C@H](C)C(=O)N(C)[C@@H](CC(C)C)C(=O)N(C)[C@@H](CC(C)C)C(=O)N(C)[C@@H](C(C)C)C(=O)N1C. The largest absolute Gasteiger partial charge is 0.390 e. The van der Waals surface area contributed by atoms with E-state index in [0.29, 0.717) is 19.4 Å². The fraction of sp³-hybridized carbons (Fsp3) is 0.814. The smallest absolute Gasteiger partial charge is 0.246 e. The van der Waals surface area contributed by atoms with Gasteiger partial charge in [0.1, 0.15) is 42.0 Å². The minimum Gasteiger partial charge on any atom is -0.390 e. The van der Waals surface area contributed by atoms with Crippen LogP contribution in [0.1, 0.15) is 175 Å². The molecular weight excluding hydrogens is 1170 g/mol. The van der Waals surface area contributed by atoms with Gasteiger partial charge in [-0.1, -0.05) is 116 Å². The number of hydrogen-bond donors (Lipinski definition) is 2. The number of ketones is 3. The number of likely N-dealkylation sites (N-methyl/N-ethyl adjacent to an activating group) is 7. The molecular formula is C70H125N9O13. The summed E-state index contributed by atoms with van der Waals surface area (Å²) in [6.45, 7) is 29.3. The first-order valence-electron chi connectivity index (χ1n) is 33.8. The Labute approximate surface area is 554 Å². The molecule has 0 aliphatic carbocycles. The standard InChI is InChI=1S/C70H125N9O13/c1-27-29-31-46(13)62(83)61-63(84)71-51(28-2)66(87)73(19)52(32-30-33-72(17)18)67(88)78(24)60(49(16)40-92-26)58(82)39-50(44(9)10)65(86)74(20)53(34-41(3)4)57(81)37-47(14)56(80)38-48(15)64(85)75(21)54(35-42(5)6)68(89)76(22)55(36-43(7)8)69(90)77(23)59(45(11)12)70(91)79(61)25/h27,29,41-55,59-62,83H,28,30-40H2,1-26H3,(H,71,84)/b29-27+/t46-,47-,48+,49-,50+,51+,52-,53+,54+,55+,59+,60+,61+,62-/m1/s1. The van der Waals surface area contributed by atoms with Crippen molar-refractivity contribution in [3.05, 3.63) is 12.2 Å². The van der Waals surface area contributed by atoms with Gasteiger partial charge in [0.05, 0.1) is 24.8 Å². The number of rotatable bonds is 20. The van der Waals surface area contributed by atoms with E-state index >= 15 is 33.6 Å². The van der Waals surface area contributed by atoms with Gasteiger partial charge in [-0.05, 0) is 108 Å². The van der Waals surface area contributed by atoms with E-state index in [9.17, 15) is 24.3 Å². The van der Waals surface area contributed by atoms with Crippen molar-refractivity contribution in [2.75, 3.05) is 83.7 Å². The summed E-state index contributed by atoms with van der Waals surface area (Å²) in [6.07, 6.45) is 2.78. The highest BCUT2D eigenvalue weighted by Gasteiger charge is 2.47. The highest BCUT2D eigenvalue weighted by Crippen LogP contribution is 2.30. The van der Waals surface area contributed by atoms with E-state index in [1.165, 1.54) is 85.8 Å². The molecule has 0 aromatic rings. The van der Waals surface area contributed by atoms with Gasteiger partial charge in [-0.3, -0.25) is 52.7 Å². The molecule has 2 N–H and O–H groups in total. The third kappa shape index (κ3) is 23.7. The van der Waals surface area contributed by atoms with E-state index in [1.54, 1.807) is 68.4 Å². The molecule has 1 rings (SSSR count). The van der Waals surface area contributed by atoms with Crippen LogP contribution in [0.3, 0.4) is 0 Å². The van der Waals surface area contributed by atoms with Gasteiger partial charge < -0.3 is 54.4 Å². The van der Waals surface area contributed by atoms with E-state index in [2.05, 4.69) is 5.32 Å². The van der Waals surface area contributed by atoms with Crippen molar-refractivity contribution in [3.63, 3.8) is 0 Å². The number of aliphatic hydroxyl groups is 1. The second-order valence-electron chi connectivity index (χ2n) is 29.0. The number of nitrogens with zero attached hydrogens (tertiary/aromatic N) is 8. The molecule has 14 atom stereocenters. The van der Waals surface area contributed by atoms with E-state index < -0.39 is 149 Å². The van der Waals surface area contributed by atoms with E-state index in [-0.39, 0.29) is 87.3 Å². The van der Waals surface area contributed by atoms with Crippen LogP contribution in [0.25, 0.3) is 0 Å². The summed E-state index contributed by atoms with van der Waals surface area (Å²) in [5.74, 6) is -11.5. The van der Waals surface area contributed by atoms with Gasteiger partial charge in [0.2, 0.25) is 47.3 Å². The number of methoxy groups -OCH3 is 1. The predicted octanol–water partition coefficient (Wildman–Crippen LogP) is 6.49. The van der Waals surface area contributed by atoms with Gasteiger partial charge in [0.15, 0.2) is 11.6 Å². The molecule has 8 amide bonds. The Morgan fingerprint density at radius 2 is 0.978 bits per heavy atom. The maximum absolute atomic E-state index is 15.3. The molecule has 1 heterocycles. The zero-order valence-corrected chi connectivity index (χ0v) is 61.5. The second-order valence-corrected chi connectivity index (χ2v) is 29.0. The summed E-state index contributed by atoms with van der Waals surface area (Å²) < 4.78 is 5.58. The van der Waals surface area contributed by atoms with Crippen LogP contribution in [0.5, 0.6) is 0 Å². The average molecular weight is 1300 g/mol. The van der Waals surface area contributed by atoms with Crippen LogP contribution < -0.4 is 5.32 Å². The molecule has 1 saturated heterocycles. The number of allylic oxidation sites excluding steroid dienone is 2. The highest BCUT2D eigenvalue weighted by atomic mass is 16.5. The van der Waals surface area contributed by atoms with E-state index in [4.69, 9.17) is 4.74 Å². The maximum Gasteiger partial charge on any atom is 0.246 e. The Hall–Kier alpha value is -5.61. The molecule has 1 aliphatic heterocycles. The minimum atomic E-state index is -1.62. The van der Waals surface area contributed by atoms with Crippen LogP contribution in [-0.2, 0) is 57.5 Å². The Balaban J connectivity index is 4.56. The van der Waals surface area contributed by atoms with Crippen molar-refractivity contribution in [3.8, 4) is 0 Å². The van der Waals surface area contributed by atoms with Crippen LogP contribution in [0, 0.1) is 59.2 Å². The molecule has 22 nitrogen and oxygen atoms in total.